The maximum Gasteiger partial charge on any atom is 0.251 e. The molecule has 1 unspecified atom stereocenters. The summed E-state index contributed by atoms with van der Waals surface area (Å²) in [5, 5.41) is 9.42. The van der Waals surface area contributed by atoms with E-state index in [4.69, 9.17) is 16.3 Å². The van der Waals surface area contributed by atoms with E-state index in [1.807, 2.05) is 58.0 Å². The van der Waals surface area contributed by atoms with Gasteiger partial charge in [-0.25, -0.2) is 4.98 Å². The monoisotopic (exact) mass is 499 g/mol. The largest absolute Gasteiger partial charge is 0.489 e. The van der Waals surface area contributed by atoms with Crippen molar-refractivity contribution in [3.05, 3.63) is 58.7 Å². The number of fused-ring (bicyclic) bond motifs is 1. The van der Waals surface area contributed by atoms with Crippen molar-refractivity contribution >= 4 is 51.4 Å². The number of benzene rings is 2. The summed E-state index contributed by atoms with van der Waals surface area (Å²) in [4.78, 5) is 21.6. The third kappa shape index (κ3) is 5.15. The molecule has 1 aromatic heterocycles. The number of anilines is 4. The summed E-state index contributed by atoms with van der Waals surface area (Å²) in [5.41, 5.74) is 2.68. The van der Waals surface area contributed by atoms with Crippen molar-refractivity contribution in [3.8, 4) is 5.75 Å². The highest BCUT2D eigenvalue weighted by Gasteiger charge is 2.23. The molecule has 2 aromatic carbocycles. The number of amides is 1. The predicted molar refractivity (Wildman–Crippen MR) is 135 cm³/mol. The van der Waals surface area contributed by atoms with Crippen molar-refractivity contribution in [2.24, 2.45) is 0 Å². The van der Waals surface area contributed by atoms with Gasteiger partial charge in [-0.3, -0.25) is 9.00 Å². The molecule has 1 amide bonds. The van der Waals surface area contributed by atoms with Crippen LogP contribution in [0.3, 0.4) is 0 Å². The third-order valence-electron chi connectivity index (χ3n) is 5.03. The van der Waals surface area contributed by atoms with E-state index in [1.165, 1.54) is 6.20 Å². The van der Waals surface area contributed by atoms with Gasteiger partial charge in [-0.2, -0.15) is 4.98 Å². The lowest BCUT2D eigenvalue weighted by Crippen LogP contribution is -2.12. The Morgan fingerprint density at radius 3 is 2.62 bits per heavy atom. The molecule has 0 bridgehead atoms. The Hall–Kier alpha value is -3.17. The Kier molecular flexibility index (Phi) is 7.04. The maximum atomic E-state index is 12.7. The van der Waals surface area contributed by atoms with E-state index in [0.29, 0.717) is 45.0 Å². The molecule has 3 aromatic rings. The van der Waals surface area contributed by atoms with Crippen LogP contribution in [-0.4, -0.2) is 31.4 Å². The quantitative estimate of drug-likeness (QED) is 0.393. The molecule has 0 saturated carbocycles. The zero-order valence-corrected chi connectivity index (χ0v) is 20.9. The maximum absolute atomic E-state index is 12.7. The summed E-state index contributed by atoms with van der Waals surface area (Å²) >= 11 is 6.37. The minimum absolute atomic E-state index is 0.0440. The lowest BCUT2D eigenvalue weighted by atomic mass is 10.1. The summed E-state index contributed by atoms with van der Waals surface area (Å²) < 4.78 is 18.7. The normalized spacial score (nSPS) is 13.6. The van der Waals surface area contributed by atoms with E-state index >= 15 is 0 Å². The highest BCUT2D eigenvalue weighted by atomic mass is 35.5. The number of carbonyl (C=O) groups excluding carboxylic acids is 1. The van der Waals surface area contributed by atoms with Crippen LogP contribution < -0.4 is 20.7 Å². The van der Waals surface area contributed by atoms with Crippen LogP contribution in [-0.2, 0) is 17.3 Å². The predicted octanol–water partition coefficient (Wildman–Crippen LogP) is 5.16. The molecular formula is C24H26ClN5O3S. The molecule has 0 saturated heterocycles. The Bertz CT molecular complexity index is 1270. The second-order valence-corrected chi connectivity index (χ2v) is 10.7. The van der Waals surface area contributed by atoms with Crippen LogP contribution in [0.4, 0.5) is 23.1 Å². The molecule has 8 nitrogen and oxygen atoms in total. The number of hydrogen-bond acceptors (Lipinski definition) is 7. The number of aromatic nitrogens is 2. The molecule has 0 fully saturated rings. The fourth-order valence-electron chi connectivity index (χ4n) is 3.46. The number of nitrogens with zero attached hydrogens (tertiary/aromatic N) is 2. The van der Waals surface area contributed by atoms with Gasteiger partial charge in [0.25, 0.3) is 5.91 Å². The van der Waals surface area contributed by atoms with Crippen LogP contribution in [0, 0.1) is 0 Å². The van der Waals surface area contributed by atoms with Gasteiger partial charge in [0, 0.05) is 17.4 Å². The molecule has 1 atom stereocenters. The summed E-state index contributed by atoms with van der Waals surface area (Å²) in [6.45, 7) is 8.13. The van der Waals surface area contributed by atoms with E-state index in [1.54, 1.807) is 6.07 Å². The van der Waals surface area contributed by atoms with Crippen molar-refractivity contribution in [3.63, 3.8) is 0 Å². The first-order chi connectivity index (χ1) is 16.2. The minimum Gasteiger partial charge on any atom is -0.489 e. The fraction of sp³-hybridized carbons (Fsp3) is 0.292. The van der Waals surface area contributed by atoms with Gasteiger partial charge in [0.05, 0.1) is 39.4 Å². The van der Waals surface area contributed by atoms with E-state index in [9.17, 15) is 9.00 Å². The Balaban J connectivity index is 1.66. The van der Waals surface area contributed by atoms with Gasteiger partial charge in [-0.05, 0) is 43.7 Å². The third-order valence-corrected chi connectivity index (χ3v) is 6.95. The zero-order chi connectivity index (χ0) is 24.4. The number of rotatable bonds is 8. The molecular weight excluding hydrogens is 474 g/mol. The number of carbonyl (C=O) groups is 1. The molecule has 0 radical (unpaired) electrons. The van der Waals surface area contributed by atoms with Gasteiger partial charge in [-0.15, -0.1) is 0 Å². The van der Waals surface area contributed by atoms with Crippen molar-refractivity contribution in [2.45, 2.75) is 50.5 Å². The molecule has 0 spiro atoms. The van der Waals surface area contributed by atoms with Gasteiger partial charge in [0.1, 0.15) is 10.8 Å². The Morgan fingerprint density at radius 1 is 1.12 bits per heavy atom. The lowest BCUT2D eigenvalue weighted by molar-refractivity contribution is 0.0966. The van der Waals surface area contributed by atoms with E-state index < -0.39 is 10.8 Å². The van der Waals surface area contributed by atoms with Crippen molar-refractivity contribution in [1.29, 1.82) is 0 Å². The number of ether oxygens (including phenoxy) is 1. The van der Waals surface area contributed by atoms with Crippen LogP contribution in [0.5, 0.6) is 5.75 Å². The number of halogens is 1. The number of nitrogens with one attached hydrogen (secondary N) is 3. The molecule has 178 valence electrons. The SMILES string of the molecule is CC(C)Oc1cc2c(cc1Nc1ncc(Cl)c(Nc3ccccc3S(=O)C(C)C)n1)C(=O)NC2. The second kappa shape index (κ2) is 9.99. The smallest absolute Gasteiger partial charge is 0.251 e. The molecule has 0 aliphatic carbocycles. The van der Waals surface area contributed by atoms with Crippen LogP contribution in [0.25, 0.3) is 0 Å². The van der Waals surface area contributed by atoms with Gasteiger partial charge < -0.3 is 20.7 Å². The first kappa shape index (κ1) is 24.0. The summed E-state index contributed by atoms with van der Waals surface area (Å²) in [6.07, 6.45) is 1.41. The molecule has 10 heteroatoms. The van der Waals surface area contributed by atoms with E-state index in [-0.39, 0.29) is 23.2 Å². The topological polar surface area (TPSA) is 105 Å². The molecule has 2 heterocycles. The first-order valence-electron chi connectivity index (χ1n) is 10.9. The van der Waals surface area contributed by atoms with Crippen molar-refractivity contribution in [2.75, 3.05) is 10.6 Å². The van der Waals surface area contributed by atoms with Crippen molar-refractivity contribution < 1.29 is 13.7 Å². The Labute approximate surface area is 206 Å². The first-order valence-corrected chi connectivity index (χ1v) is 12.5. The molecule has 4 rings (SSSR count). The summed E-state index contributed by atoms with van der Waals surface area (Å²) in [6, 6.07) is 10.9. The highest BCUT2D eigenvalue weighted by molar-refractivity contribution is 7.85. The minimum atomic E-state index is -1.20. The van der Waals surface area contributed by atoms with Crippen molar-refractivity contribution in [1.82, 2.24) is 15.3 Å². The standard InChI is InChI=1S/C24H26ClN5O3S/c1-13(2)33-20-9-15-11-26-23(31)16(15)10-19(20)29-24-27-12-17(25)22(30-24)28-18-7-5-6-8-21(18)34(32)14(3)4/h5-10,12-14H,11H2,1-4H3,(H,26,31)(H2,27,28,29,30). The Morgan fingerprint density at radius 2 is 1.88 bits per heavy atom. The number of hydrogen-bond donors (Lipinski definition) is 3. The highest BCUT2D eigenvalue weighted by Crippen LogP contribution is 2.34. The average molecular weight is 500 g/mol. The van der Waals surface area contributed by atoms with Gasteiger partial charge in [0.2, 0.25) is 5.95 Å². The fourth-order valence-corrected chi connectivity index (χ4v) is 4.66. The van der Waals surface area contributed by atoms with E-state index in [2.05, 4.69) is 25.9 Å². The molecule has 34 heavy (non-hydrogen) atoms. The molecule has 1 aliphatic heterocycles. The molecule has 3 N–H and O–H groups in total. The lowest BCUT2D eigenvalue weighted by Gasteiger charge is -2.17. The molecule has 1 aliphatic rings. The summed E-state index contributed by atoms with van der Waals surface area (Å²) in [5.74, 6) is 1.08. The summed E-state index contributed by atoms with van der Waals surface area (Å²) in [7, 11) is -1.20. The van der Waals surface area contributed by atoms with Crippen LogP contribution in [0.1, 0.15) is 43.6 Å². The van der Waals surface area contributed by atoms with Gasteiger partial charge in [-0.1, -0.05) is 37.6 Å². The van der Waals surface area contributed by atoms with Crippen LogP contribution in [0.2, 0.25) is 5.02 Å². The average Bonchev–Trinajstić information content (AvgIpc) is 3.15. The second-order valence-electron chi connectivity index (χ2n) is 8.34. The van der Waals surface area contributed by atoms with Gasteiger partial charge in [0.15, 0.2) is 5.82 Å². The number of para-hydroxylation sites is 1. The van der Waals surface area contributed by atoms with Crippen LogP contribution >= 0.6 is 11.6 Å². The van der Waals surface area contributed by atoms with Gasteiger partial charge >= 0.3 is 0 Å². The zero-order valence-electron chi connectivity index (χ0n) is 19.3. The van der Waals surface area contributed by atoms with E-state index in [0.717, 1.165) is 5.56 Å². The van der Waals surface area contributed by atoms with Crippen LogP contribution in [0.15, 0.2) is 47.5 Å².